The molecule has 4 nitrogen and oxygen atoms in total. The zero-order valence-electron chi connectivity index (χ0n) is 11.7. The molecule has 0 radical (unpaired) electrons. The molecule has 21 heavy (non-hydrogen) atoms. The van der Waals surface area contributed by atoms with E-state index >= 15 is 0 Å². The maximum Gasteiger partial charge on any atom is 0.403 e. The first-order chi connectivity index (χ1) is 8.92. The van der Waals surface area contributed by atoms with Gasteiger partial charge in [-0.15, -0.1) is 0 Å². The first-order valence-corrected chi connectivity index (χ1v) is 7.45. The van der Waals surface area contributed by atoms with Gasteiger partial charge < -0.3 is 9.79 Å². The third kappa shape index (κ3) is 9.34. The second-order valence-electron chi connectivity index (χ2n) is 5.77. The van der Waals surface area contributed by atoms with E-state index in [1.807, 2.05) is 0 Å². The molecule has 0 saturated carbocycles. The van der Waals surface area contributed by atoms with Crippen molar-refractivity contribution < 1.29 is 40.7 Å². The Morgan fingerprint density at radius 2 is 1.29 bits per heavy atom. The first-order valence-electron chi connectivity index (χ1n) is 5.89. The SMILES string of the molecule is CC(C)(C)N(CC(CC(F)(F)F)CC(F)(F)F)P(=O)(O)O. The highest BCUT2D eigenvalue weighted by molar-refractivity contribution is 7.49. The fourth-order valence-electron chi connectivity index (χ4n) is 1.87. The summed E-state index contributed by atoms with van der Waals surface area (Å²) in [5.41, 5.74) is -1.28. The summed E-state index contributed by atoms with van der Waals surface area (Å²) in [6.07, 6.45) is -13.2. The summed E-state index contributed by atoms with van der Waals surface area (Å²) in [6, 6.07) is 0. The minimum atomic E-state index is -4.98. The molecule has 0 aliphatic rings. The molecule has 0 aromatic heterocycles. The standard InChI is InChI=1S/C10H18F6NO3P/c1-8(2,3)17(21(18,19)20)6-7(4-9(11,12)13)5-10(14,15)16/h7H,4-6H2,1-3H3,(H2,18,19,20). The van der Waals surface area contributed by atoms with Gasteiger partial charge in [0, 0.05) is 24.9 Å². The van der Waals surface area contributed by atoms with Crippen molar-refractivity contribution in [2.75, 3.05) is 6.54 Å². The van der Waals surface area contributed by atoms with Crippen molar-refractivity contribution in [3.8, 4) is 0 Å². The van der Waals surface area contributed by atoms with Crippen LogP contribution in [0.5, 0.6) is 0 Å². The van der Waals surface area contributed by atoms with Crippen molar-refractivity contribution in [2.24, 2.45) is 5.92 Å². The van der Waals surface area contributed by atoms with Crippen LogP contribution in [0.4, 0.5) is 26.3 Å². The van der Waals surface area contributed by atoms with Gasteiger partial charge >= 0.3 is 20.1 Å². The fourth-order valence-corrected chi connectivity index (χ4v) is 3.10. The Hall–Kier alpha value is -0.310. The van der Waals surface area contributed by atoms with Crippen LogP contribution < -0.4 is 0 Å². The van der Waals surface area contributed by atoms with Crippen LogP contribution in [-0.2, 0) is 4.57 Å². The molecule has 0 aromatic rings. The van der Waals surface area contributed by atoms with E-state index in [0.29, 0.717) is 4.67 Å². The summed E-state index contributed by atoms with van der Waals surface area (Å²) in [4.78, 5) is 18.3. The lowest BCUT2D eigenvalue weighted by molar-refractivity contribution is -0.174. The maximum absolute atomic E-state index is 12.3. The van der Waals surface area contributed by atoms with E-state index in [0.717, 1.165) is 0 Å². The number of hydrogen-bond donors (Lipinski definition) is 2. The Labute approximate surface area is 118 Å². The van der Waals surface area contributed by atoms with Crippen LogP contribution in [-0.4, -0.2) is 38.9 Å². The predicted molar refractivity (Wildman–Crippen MR) is 63.3 cm³/mol. The number of nitrogens with zero attached hydrogens (tertiary/aromatic N) is 1. The van der Waals surface area contributed by atoms with Crippen molar-refractivity contribution in [2.45, 2.75) is 51.5 Å². The molecule has 0 unspecified atom stereocenters. The highest BCUT2D eigenvalue weighted by Gasteiger charge is 2.43. The molecule has 0 rings (SSSR count). The van der Waals surface area contributed by atoms with Crippen LogP contribution in [0.3, 0.4) is 0 Å². The number of halogens is 6. The monoisotopic (exact) mass is 345 g/mol. The molecule has 0 bridgehead atoms. The van der Waals surface area contributed by atoms with E-state index in [2.05, 4.69) is 0 Å². The summed E-state index contributed by atoms with van der Waals surface area (Å²) in [5.74, 6) is -1.99. The molecule has 0 fully saturated rings. The van der Waals surface area contributed by atoms with Crippen LogP contribution >= 0.6 is 7.75 Å². The van der Waals surface area contributed by atoms with E-state index in [1.54, 1.807) is 0 Å². The lowest BCUT2D eigenvalue weighted by Crippen LogP contribution is -2.43. The van der Waals surface area contributed by atoms with Crippen LogP contribution in [0.2, 0.25) is 0 Å². The largest absolute Gasteiger partial charge is 0.403 e. The van der Waals surface area contributed by atoms with Gasteiger partial charge in [-0.2, -0.15) is 26.3 Å². The van der Waals surface area contributed by atoms with Crippen molar-refractivity contribution in [3.63, 3.8) is 0 Å². The normalized spacial score (nSPS) is 15.1. The Balaban J connectivity index is 5.29. The molecule has 2 N–H and O–H groups in total. The molecular formula is C10H18F6NO3P. The van der Waals surface area contributed by atoms with Gasteiger partial charge in [0.1, 0.15) is 0 Å². The number of alkyl halides is 6. The minimum absolute atomic E-state index is 0.363. The number of rotatable bonds is 5. The zero-order valence-corrected chi connectivity index (χ0v) is 12.6. The van der Waals surface area contributed by atoms with E-state index in [9.17, 15) is 30.9 Å². The van der Waals surface area contributed by atoms with E-state index in [1.165, 1.54) is 20.8 Å². The third-order valence-corrected chi connectivity index (χ3v) is 3.95. The molecule has 0 atom stereocenters. The van der Waals surface area contributed by atoms with Gasteiger partial charge in [-0.1, -0.05) is 0 Å². The minimum Gasteiger partial charge on any atom is -0.312 e. The van der Waals surface area contributed by atoms with Gasteiger partial charge in [-0.05, 0) is 26.7 Å². The van der Waals surface area contributed by atoms with Crippen LogP contribution in [0.25, 0.3) is 0 Å². The smallest absolute Gasteiger partial charge is 0.312 e. The molecular weight excluding hydrogens is 327 g/mol. The van der Waals surface area contributed by atoms with Crippen LogP contribution in [0.15, 0.2) is 0 Å². The zero-order chi connectivity index (χ0) is 17.3. The molecule has 128 valence electrons. The predicted octanol–water partition coefficient (Wildman–Crippen LogP) is 3.70. The average Bonchev–Trinajstić information content (AvgIpc) is 2.04. The summed E-state index contributed by atoms with van der Waals surface area (Å²) < 4.78 is 85.7. The highest BCUT2D eigenvalue weighted by Crippen LogP contribution is 2.47. The quantitative estimate of drug-likeness (QED) is 0.589. The molecule has 0 aromatic carbocycles. The topological polar surface area (TPSA) is 60.8 Å². The van der Waals surface area contributed by atoms with Crippen LogP contribution in [0.1, 0.15) is 33.6 Å². The van der Waals surface area contributed by atoms with Crippen molar-refractivity contribution in [3.05, 3.63) is 0 Å². The van der Waals surface area contributed by atoms with Gasteiger partial charge in [-0.3, -0.25) is 0 Å². The Kier molecular flexibility index (Phi) is 6.34. The molecule has 0 aliphatic heterocycles. The second-order valence-corrected chi connectivity index (χ2v) is 7.28. The van der Waals surface area contributed by atoms with E-state index in [4.69, 9.17) is 9.79 Å². The van der Waals surface area contributed by atoms with Crippen molar-refractivity contribution in [1.29, 1.82) is 0 Å². The third-order valence-electron chi connectivity index (χ3n) is 2.56. The molecule has 0 aliphatic carbocycles. The van der Waals surface area contributed by atoms with Crippen molar-refractivity contribution >= 4 is 7.75 Å². The average molecular weight is 345 g/mol. The van der Waals surface area contributed by atoms with E-state index < -0.39 is 50.9 Å². The Bertz CT molecular complexity index is 368. The summed E-state index contributed by atoms with van der Waals surface area (Å²) >= 11 is 0. The molecule has 11 heteroatoms. The summed E-state index contributed by atoms with van der Waals surface area (Å²) in [5, 5.41) is 0. The van der Waals surface area contributed by atoms with Crippen molar-refractivity contribution in [1.82, 2.24) is 4.67 Å². The van der Waals surface area contributed by atoms with Gasteiger partial charge in [0.2, 0.25) is 0 Å². The lowest BCUT2D eigenvalue weighted by atomic mass is 9.98. The van der Waals surface area contributed by atoms with Gasteiger partial charge in [-0.25, -0.2) is 9.24 Å². The van der Waals surface area contributed by atoms with Gasteiger partial charge in [0.15, 0.2) is 0 Å². The second kappa shape index (κ2) is 6.44. The fraction of sp³-hybridized carbons (Fsp3) is 1.00. The molecule has 0 spiro atoms. The van der Waals surface area contributed by atoms with Gasteiger partial charge in [0.25, 0.3) is 0 Å². The summed E-state index contributed by atoms with van der Waals surface area (Å²) in [6.45, 7) is 2.88. The first kappa shape index (κ1) is 20.7. The highest BCUT2D eigenvalue weighted by atomic mass is 31.2. The van der Waals surface area contributed by atoms with E-state index in [-0.39, 0.29) is 0 Å². The lowest BCUT2D eigenvalue weighted by Gasteiger charge is -2.38. The molecule has 0 saturated heterocycles. The maximum atomic E-state index is 12.3. The van der Waals surface area contributed by atoms with Crippen LogP contribution in [0, 0.1) is 5.92 Å². The Morgan fingerprint density at radius 3 is 1.48 bits per heavy atom. The summed E-state index contributed by atoms with van der Waals surface area (Å²) in [7, 11) is -4.98. The van der Waals surface area contributed by atoms with Gasteiger partial charge in [0.05, 0.1) is 0 Å². The number of hydrogen-bond acceptors (Lipinski definition) is 1. The molecule has 0 heterocycles. The molecule has 0 amide bonds. The Morgan fingerprint density at radius 1 is 0.952 bits per heavy atom.